The van der Waals surface area contributed by atoms with Crippen LogP contribution in [0.4, 0.5) is 0 Å². The fourth-order valence-corrected chi connectivity index (χ4v) is 4.83. The second-order valence-electron chi connectivity index (χ2n) is 7.00. The molecule has 0 N–H and O–H groups in total. The molecule has 0 unspecified atom stereocenters. The number of fused-ring (bicyclic) bond motifs is 3. The minimum absolute atomic E-state index is 0.162. The summed E-state index contributed by atoms with van der Waals surface area (Å²) >= 11 is 7.82. The van der Waals surface area contributed by atoms with Gasteiger partial charge in [-0.2, -0.15) is 0 Å². The number of aliphatic imine (C=N–C) groups is 1. The molecule has 28 heavy (non-hydrogen) atoms. The van der Waals surface area contributed by atoms with Crippen molar-refractivity contribution in [1.29, 1.82) is 0 Å². The van der Waals surface area contributed by atoms with Gasteiger partial charge in [-0.15, -0.1) is 21.5 Å². The maximum absolute atomic E-state index is 12.3. The average molecular weight is 413 g/mol. The third-order valence-corrected chi connectivity index (χ3v) is 6.62. The molecule has 0 fully saturated rings. The van der Waals surface area contributed by atoms with Gasteiger partial charge in [-0.3, -0.25) is 14.4 Å². The van der Waals surface area contributed by atoms with E-state index in [0.717, 1.165) is 33.5 Å². The Balaban J connectivity index is 2.01. The van der Waals surface area contributed by atoms with E-state index in [-0.39, 0.29) is 11.8 Å². The first-order valence-electron chi connectivity index (χ1n) is 9.28. The maximum atomic E-state index is 12.3. The van der Waals surface area contributed by atoms with Crippen LogP contribution in [0.25, 0.3) is 5.00 Å². The van der Waals surface area contributed by atoms with E-state index < -0.39 is 0 Å². The van der Waals surface area contributed by atoms with Gasteiger partial charge in [-0.05, 0) is 38.5 Å². The summed E-state index contributed by atoms with van der Waals surface area (Å²) in [5.74, 6) is 1.69. The van der Waals surface area contributed by atoms with Gasteiger partial charge >= 0.3 is 0 Å². The van der Waals surface area contributed by atoms with Crippen molar-refractivity contribution < 1.29 is 4.79 Å². The molecule has 4 rings (SSSR count). The Morgan fingerprint density at radius 2 is 1.89 bits per heavy atom. The van der Waals surface area contributed by atoms with Crippen molar-refractivity contribution in [2.45, 2.75) is 46.6 Å². The first-order valence-corrected chi connectivity index (χ1v) is 10.5. The number of thiophene rings is 1. The standard InChI is InChI=1S/C21H21ClN4OS/c1-5-16(27)10-17-20-25-24-13(4)26(20)21-18(11(2)12(3)28-21)19(23-17)14-6-8-15(22)9-7-14/h6-9,17H,5,10H2,1-4H3/t17-/m0/s1. The third kappa shape index (κ3) is 3.10. The molecule has 1 atom stereocenters. The Morgan fingerprint density at radius 3 is 2.57 bits per heavy atom. The fourth-order valence-electron chi connectivity index (χ4n) is 3.49. The molecule has 1 aliphatic rings. The number of benzene rings is 1. The number of ketones is 1. The molecule has 0 saturated carbocycles. The van der Waals surface area contributed by atoms with Crippen molar-refractivity contribution in [2.24, 2.45) is 4.99 Å². The lowest BCUT2D eigenvalue weighted by Gasteiger charge is -2.11. The van der Waals surface area contributed by atoms with Crippen LogP contribution in [0.3, 0.4) is 0 Å². The predicted molar refractivity (Wildman–Crippen MR) is 113 cm³/mol. The molecule has 3 heterocycles. The molecule has 0 spiro atoms. The molecule has 1 aliphatic heterocycles. The summed E-state index contributed by atoms with van der Waals surface area (Å²) in [6, 6.07) is 7.34. The largest absolute Gasteiger partial charge is 0.300 e. The smallest absolute Gasteiger partial charge is 0.163 e. The van der Waals surface area contributed by atoms with E-state index >= 15 is 0 Å². The fraction of sp³-hybridized carbons (Fsp3) is 0.333. The van der Waals surface area contributed by atoms with Gasteiger partial charge in [0.15, 0.2) is 5.82 Å². The van der Waals surface area contributed by atoms with Crippen molar-refractivity contribution in [3.63, 3.8) is 0 Å². The lowest BCUT2D eigenvalue weighted by molar-refractivity contribution is -0.119. The molecule has 2 aromatic heterocycles. The monoisotopic (exact) mass is 412 g/mol. The van der Waals surface area contributed by atoms with Crippen LogP contribution in [0.2, 0.25) is 5.02 Å². The van der Waals surface area contributed by atoms with E-state index in [4.69, 9.17) is 16.6 Å². The van der Waals surface area contributed by atoms with Gasteiger partial charge in [0, 0.05) is 33.9 Å². The topological polar surface area (TPSA) is 60.1 Å². The van der Waals surface area contributed by atoms with Crippen molar-refractivity contribution in [2.75, 3.05) is 0 Å². The van der Waals surface area contributed by atoms with Crippen LogP contribution in [0.1, 0.15) is 59.0 Å². The van der Waals surface area contributed by atoms with E-state index in [1.807, 2.05) is 38.1 Å². The number of carbonyl (C=O) groups excluding carboxylic acids is 1. The van der Waals surface area contributed by atoms with Crippen molar-refractivity contribution in [1.82, 2.24) is 14.8 Å². The number of carbonyl (C=O) groups is 1. The zero-order valence-electron chi connectivity index (χ0n) is 16.3. The van der Waals surface area contributed by atoms with Crippen LogP contribution in [0.5, 0.6) is 0 Å². The molecule has 0 aliphatic carbocycles. The quantitative estimate of drug-likeness (QED) is 0.594. The number of hydrogen-bond donors (Lipinski definition) is 0. The maximum Gasteiger partial charge on any atom is 0.163 e. The highest BCUT2D eigenvalue weighted by atomic mass is 35.5. The molecule has 1 aromatic carbocycles. The number of nitrogens with zero attached hydrogens (tertiary/aromatic N) is 4. The Labute approximate surface area is 173 Å². The van der Waals surface area contributed by atoms with Crippen LogP contribution in [0, 0.1) is 20.8 Å². The minimum atomic E-state index is -0.362. The summed E-state index contributed by atoms with van der Waals surface area (Å²) in [4.78, 5) is 18.6. The van der Waals surface area contributed by atoms with Gasteiger partial charge < -0.3 is 0 Å². The third-order valence-electron chi connectivity index (χ3n) is 5.17. The van der Waals surface area contributed by atoms with Gasteiger partial charge in [0.1, 0.15) is 22.7 Å². The highest BCUT2D eigenvalue weighted by molar-refractivity contribution is 7.15. The highest BCUT2D eigenvalue weighted by Gasteiger charge is 2.32. The minimum Gasteiger partial charge on any atom is -0.300 e. The number of aromatic nitrogens is 3. The van der Waals surface area contributed by atoms with Crippen molar-refractivity contribution in [3.8, 4) is 5.00 Å². The summed E-state index contributed by atoms with van der Waals surface area (Å²) in [5, 5.41) is 10.4. The van der Waals surface area contributed by atoms with Crippen molar-refractivity contribution >= 4 is 34.4 Å². The SMILES string of the molecule is CCC(=O)C[C@@H]1N=C(c2ccc(Cl)cc2)c2c(sc(C)c2C)-n2c(C)nnc21. The first-order chi connectivity index (χ1) is 13.4. The highest BCUT2D eigenvalue weighted by Crippen LogP contribution is 2.39. The number of rotatable bonds is 4. The van der Waals surface area contributed by atoms with Crippen LogP contribution in [-0.2, 0) is 4.79 Å². The van der Waals surface area contributed by atoms with E-state index in [1.54, 1.807) is 11.3 Å². The molecule has 7 heteroatoms. The lowest BCUT2D eigenvalue weighted by atomic mass is 9.99. The summed E-state index contributed by atoms with van der Waals surface area (Å²) < 4.78 is 2.07. The van der Waals surface area contributed by atoms with E-state index in [2.05, 4.69) is 28.6 Å². The zero-order valence-corrected chi connectivity index (χ0v) is 17.9. The van der Waals surface area contributed by atoms with Crippen LogP contribution in [-0.4, -0.2) is 26.3 Å². The van der Waals surface area contributed by atoms with E-state index in [0.29, 0.717) is 17.9 Å². The number of Topliss-reactive ketones (excluding diaryl/α,β-unsaturated/α-hetero) is 1. The summed E-state index contributed by atoms with van der Waals surface area (Å²) in [5.41, 5.74) is 4.14. The van der Waals surface area contributed by atoms with Gasteiger partial charge in [0.05, 0.1) is 5.71 Å². The molecule has 0 radical (unpaired) electrons. The summed E-state index contributed by atoms with van der Waals surface area (Å²) in [6.07, 6.45) is 0.800. The molecule has 3 aromatic rings. The van der Waals surface area contributed by atoms with Crippen molar-refractivity contribution in [3.05, 3.63) is 62.5 Å². The van der Waals surface area contributed by atoms with Crippen LogP contribution >= 0.6 is 22.9 Å². The van der Waals surface area contributed by atoms with Crippen LogP contribution < -0.4 is 0 Å². The molecular weight excluding hydrogens is 392 g/mol. The number of hydrogen-bond acceptors (Lipinski definition) is 5. The second-order valence-corrected chi connectivity index (χ2v) is 8.64. The van der Waals surface area contributed by atoms with E-state index in [1.165, 1.54) is 10.4 Å². The predicted octanol–water partition coefficient (Wildman–Crippen LogP) is 5.17. The van der Waals surface area contributed by atoms with E-state index in [9.17, 15) is 4.79 Å². The summed E-state index contributed by atoms with van der Waals surface area (Å²) in [6.45, 7) is 8.05. The Hall–Kier alpha value is -2.31. The second kappa shape index (κ2) is 7.26. The Bertz CT molecular complexity index is 1090. The number of aryl methyl sites for hydroxylation is 2. The Morgan fingerprint density at radius 1 is 1.18 bits per heavy atom. The number of halogens is 1. The lowest BCUT2D eigenvalue weighted by Crippen LogP contribution is -2.10. The zero-order chi connectivity index (χ0) is 20.0. The van der Waals surface area contributed by atoms with Crippen LogP contribution in [0.15, 0.2) is 29.3 Å². The van der Waals surface area contributed by atoms with Gasteiger partial charge in [0.2, 0.25) is 0 Å². The Kier molecular flexibility index (Phi) is 4.93. The molecule has 0 amide bonds. The molecule has 0 saturated heterocycles. The molecule has 5 nitrogen and oxygen atoms in total. The van der Waals surface area contributed by atoms with Gasteiger partial charge in [0.25, 0.3) is 0 Å². The first kappa shape index (κ1) is 19.0. The summed E-state index contributed by atoms with van der Waals surface area (Å²) in [7, 11) is 0. The average Bonchev–Trinajstić information content (AvgIpc) is 3.15. The molecule has 0 bridgehead atoms. The van der Waals surface area contributed by atoms with Gasteiger partial charge in [-0.25, -0.2) is 0 Å². The normalized spacial score (nSPS) is 15.6. The molecule has 144 valence electrons. The van der Waals surface area contributed by atoms with Gasteiger partial charge in [-0.1, -0.05) is 30.7 Å². The molecular formula is C21H21ClN4OS.